The van der Waals surface area contributed by atoms with E-state index in [2.05, 4.69) is 25.2 Å². The van der Waals surface area contributed by atoms with Crippen LogP contribution in [-0.2, 0) is 6.42 Å². The lowest BCUT2D eigenvalue weighted by Crippen LogP contribution is -2.24. The summed E-state index contributed by atoms with van der Waals surface area (Å²) >= 11 is 1.57. The fraction of sp³-hybridized carbons (Fsp3) is 0.286. The first kappa shape index (κ1) is 17.7. The molecule has 4 rings (SSSR count). The van der Waals surface area contributed by atoms with Crippen molar-refractivity contribution in [2.45, 2.75) is 25.9 Å². The van der Waals surface area contributed by atoms with Crippen LogP contribution in [0.25, 0.3) is 11.3 Å². The molecule has 140 valence electrons. The zero-order valence-corrected chi connectivity index (χ0v) is 16.6. The highest BCUT2D eigenvalue weighted by Gasteiger charge is 2.33. The van der Waals surface area contributed by atoms with Crippen LogP contribution < -0.4 is 19.5 Å². The number of aromatic nitrogens is 1. The Labute approximate surface area is 162 Å². The maximum absolute atomic E-state index is 6.04. The van der Waals surface area contributed by atoms with Crippen LogP contribution in [0.4, 0.5) is 10.8 Å². The molecule has 1 aliphatic heterocycles. The Morgan fingerprint density at radius 1 is 1.11 bits per heavy atom. The van der Waals surface area contributed by atoms with E-state index >= 15 is 0 Å². The predicted octanol–water partition coefficient (Wildman–Crippen LogP) is 5.28. The van der Waals surface area contributed by atoms with E-state index in [-0.39, 0.29) is 5.60 Å². The van der Waals surface area contributed by atoms with E-state index in [1.54, 1.807) is 25.6 Å². The van der Waals surface area contributed by atoms with Crippen molar-refractivity contribution >= 4 is 22.2 Å². The molecule has 2 aromatic carbocycles. The molecule has 0 saturated carbocycles. The molecule has 0 atom stereocenters. The molecular formula is C21H22N2O3S. The number of hydrogen-bond acceptors (Lipinski definition) is 6. The number of methoxy groups -OCH3 is 2. The Bertz CT molecular complexity index is 964. The molecule has 1 aliphatic rings. The van der Waals surface area contributed by atoms with Crippen molar-refractivity contribution in [2.24, 2.45) is 0 Å². The first-order chi connectivity index (χ1) is 13.0. The van der Waals surface area contributed by atoms with Gasteiger partial charge in [-0.25, -0.2) is 4.98 Å². The number of hydrogen-bond donors (Lipinski definition) is 1. The van der Waals surface area contributed by atoms with Crippen LogP contribution in [0.15, 0.2) is 41.8 Å². The Morgan fingerprint density at radius 3 is 2.59 bits per heavy atom. The maximum atomic E-state index is 6.04. The van der Waals surface area contributed by atoms with Crippen LogP contribution in [0.3, 0.4) is 0 Å². The van der Waals surface area contributed by atoms with Crippen molar-refractivity contribution in [3.63, 3.8) is 0 Å². The first-order valence-electron chi connectivity index (χ1n) is 8.74. The fourth-order valence-corrected chi connectivity index (χ4v) is 3.98. The van der Waals surface area contributed by atoms with E-state index in [1.807, 2.05) is 35.7 Å². The van der Waals surface area contributed by atoms with Gasteiger partial charge in [-0.15, -0.1) is 11.3 Å². The van der Waals surface area contributed by atoms with Gasteiger partial charge in [0.25, 0.3) is 0 Å². The molecule has 0 bridgehead atoms. The second-order valence-corrected chi connectivity index (χ2v) is 7.95. The summed E-state index contributed by atoms with van der Waals surface area (Å²) in [5.74, 6) is 2.43. The zero-order valence-electron chi connectivity index (χ0n) is 15.8. The SMILES string of the molecule is COc1ccc(Nc2nc(-c3cc4c(c(OC)c3)OC(C)(C)C4)cs2)cc1. The number of nitrogens with one attached hydrogen (secondary N) is 1. The van der Waals surface area contributed by atoms with Gasteiger partial charge < -0.3 is 19.5 Å². The number of nitrogens with zero attached hydrogens (tertiary/aromatic N) is 1. The minimum absolute atomic E-state index is 0.211. The van der Waals surface area contributed by atoms with Gasteiger partial charge in [0.15, 0.2) is 16.6 Å². The lowest BCUT2D eigenvalue weighted by atomic mass is 9.99. The van der Waals surface area contributed by atoms with Gasteiger partial charge in [0, 0.05) is 28.6 Å². The van der Waals surface area contributed by atoms with E-state index < -0.39 is 0 Å². The van der Waals surface area contributed by atoms with Gasteiger partial charge in [0.2, 0.25) is 0 Å². The molecule has 0 radical (unpaired) electrons. The summed E-state index contributed by atoms with van der Waals surface area (Å²) in [7, 11) is 3.33. The second kappa shape index (κ2) is 6.78. The summed E-state index contributed by atoms with van der Waals surface area (Å²) in [6.07, 6.45) is 0.855. The van der Waals surface area contributed by atoms with Crippen molar-refractivity contribution in [3.05, 3.63) is 47.3 Å². The number of fused-ring (bicyclic) bond motifs is 1. The Kier molecular flexibility index (Phi) is 4.44. The third-order valence-electron chi connectivity index (χ3n) is 4.49. The smallest absolute Gasteiger partial charge is 0.187 e. The topological polar surface area (TPSA) is 52.6 Å². The summed E-state index contributed by atoms with van der Waals surface area (Å²) in [6.45, 7) is 4.18. The Hall–Kier alpha value is -2.73. The van der Waals surface area contributed by atoms with Crippen LogP contribution in [0.5, 0.6) is 17.2 Å². The minimum Gasteiger partial charge on any atom is -0.497 e. The molecule has 0 amide bonds. The van der Waals surface area contributed by atoms with Gasteiger partial charge in [-0.2, -0.15) is 0 Å². The first-order valence-corrected chi connectivity index (χ1v) is 9.62. The number of benzene rings is 2. The third kappa shape index (κ3) is 3.57. The average Bonchev–Trinajstić information content (AvgIpc) is 3.24. The molecule has 27 heavy (non-hydrogen) atoms. The molecule has 0 unspecified atom stereocenters. The number of anilines is 2. The van der Waals surface area contributed by atoms with Crippen molar-refractivity contribution in [3.8, 4) is 28.5 Å². The number of rotatable bonds is 5. The van der Waals surface area contributed by atoms with E-state index in [0.29, 0.717) is 0 Å². The lowest BCUT2D eigenvalue weighted by molar-refractivity contribution is 0.134. The largest absolute Gasteiger partial charge is 0.497 e. The zero-order chi connectivity index (χ0) is 19.0. The average molecular weight is 382 g/mol. The van der Waals surface area contributed by atoms with Gasteiger partial charge in [0.05, 0.1) is 19.9 Å². The molecule has 5 nitrogen and oxygen atoms in total. The van der Waals surface area contributed by atoms with E-state index in [1.165, 1.54) is 0 Å². The summed E-state index contributed by atoms with van der Waals surface area (Å²) < 4.78 is 16.8. The lowest BCUT2D eigenvalue weighted by Gasteiger charge is -2.17. The van der Waals surface area contributed by atoms with Gasteiger partial charge in [-0.1, -0.05) is 0 Å². The predicted molar refractivity (Wildman–Crippen MR) is 109 cm³/mol. The van der Waals surface area contributed by atoms with Crippen molar-refractivity contribution in [1.29, 1.82) is 0 Å². The maximum Gasteiger partial charge on any atom is 0.187 e. The van der Waals surface area contributed by atoms with Crippen LogP contribution in [0, 0.1) is 0 Å². The molecule has 3 aromatic rings. The van der Waals surface area contributed by atoms with Crippen LogP contribution in [-0.4, -0.2) is 24.8 Å². The number of ether oxygens (including phenoxy) is 3. The fourth-order valence-electron chi connectivity index (χ4n) is 3.24. The molecule has 1 aromatic heterocycles. The van der Waals surface area contributed by atoms with E-state index in [0.717, 1.165) is 51.3 Å². The third-order valence-corrected chi connectivity index (χ3v) is 5.25. The molecule has 0 spiro atoms. The second-order valence-electron chi connectivity index (χ2n) is 7.10. The molecule has 1 N–H and O–H groups in total. The van der Waals surface area contributed by atoms with Crippen LogP contribution in [0.1, 0.15) is 19.4 Å². The van der Waals surface area contributed by atoms with Crippen molar-refractivity contribution in [1.82, 2.24) is 4.98 Å². The summed E-state index contributed by atoms with van der Waals surface area (Å²) in [6, 6.07) is 11.9. The molecular weight excluding hydrogens is 360 g/mol. The Morgan fingerprint density at radius 2 is 1.89 bits per heavy atom. The molecule has 0 aliphatic carbocycles. The highest BCUT2D eigenvalue weighted by molar-refractivity contribution is 7.14. The Balaban J connectivity index is 1.60. The number of thiazole rings is 1. The van der Waals surface area contributed by atoms with Gasteiger partial charge in [0.1, 0.15) is 11.4 Å². The normalized spacial score (nSPS) is 14.4. The minimum atomic E-state index is -0.211. The van der Waals surface area contributed by atoms with Gasteiger partial charge >= 0.3 is 0 Å². The molecule has 0 fully saturated rings. The van der Waals surface area contributed by atoms with Crippen molar-refractivity contribution < 1.29 is 14.2 Å². The van der Waals surface area contributed by atoms with Gasteiger partial charge in [-0.05, 0) is 50.2 Å². The van der Waals surface area contributed by atoms with Crippen LogP contribution >= 0.6 is 11.3 Å². The molecule has 0 saturated heterocycles. The quantitative estimate of drug-likeness (QED) is 0.650. The summed E-state index contributed by atoms with van der Waals surface area (Å²) in [5, 5.41) is 6.22. The van der Waals surface area contributed by atoms with E-state index in [9.17, 15) is 0 Å². The highest BCUT2D eigenvalue weighted by Crippen LogP contribution is 2.44. The van der Waals surface area contributed by atoms with Crippen LogP contribution in [0.2, 0.25) is 0 Å². The van der Waals surface area contributed by atoms with Gasteiger partial charge in [-0.3, -0.25) is 0 Å². The highest BCUT2D eigenvalue weighted by atomic mass is 32.1. The standard InChI is InChI=1S/C21H22N2O3S/c1-21(2)11-14-9-13(10-18(25-4)19(14)26-21)17-12-27-20(23-17)22-15-5-7-16(24-3)8-6-15/h5-10,12H,11H2,1-4H3,(H,22,23). The van der Waals surface area contributed by atoms with E-state index in [4.69, 9.17) is 19.2 Å². The summed E-state index contributed by atoms with van der Waals surface area (Å²) in [5.41, 5.74) is 3.87. The summed E-state index contributed by atoms with van der Waals surface area (Å²) in [4.78, 5) is 4.74. The van der Waals surface area contributed by atoms with Crippen molar-refractivity contribution in [2.75, 3.05) is 19.5 Å². The monoisotopic (exact) mass is 382 g/mol. The molecule has 6 heteroatoms. The molecule has 2 heterocycles.